The van der Waals surface area contributed by atoms with Crippen LogP contribution in [0.3, 0.4) is 0 Å². The molecule has 1 unspecified atom stereocenters. The maximum absolute atomic E-state index is 11.6. The molecule has 2 rings (SSSR count). The van der Waals surface area contributed by atoms with Crippen LogP contribution < -0.4 is 5.32 Å². The van der Waals surface area contributed by atoms with Gasteiger partial charge in [0.25, 0.3) is 0 Å². The Kier molecular flexibility index (Phi) is 3.10. The first-order valence-electron chi connectivity index (χ1n) is 5.33. The van der Waals surface area contributed by atoms with Crippen molar-refractivity contribution in [2.75, 3.05) is 7.11 Å². The van der Waals surface area contributed by atoms with Crippen molar-refractivity contribution in [1.29, 1.82) is 0 Å². The van der Waals surface area contributed by atoms with Crippen molar-refractivity contribution < 1.29 is 14.6 Å². The van der Waals surface area contributed by atoms with Gasteiger partial charge in [-0.05, 0) is 30.5 Å². The third-order valence-corrected chi connectivity index (χ3v) is 2.62. The fraction of sp³-hybridized carbons (Fsp3) is 0.417. The first kappa shape index (κ1) is 11.0. The van der Waals surface area contributed by atoms with Crippen molar-refractivity contribution in [1.82, 2.24) is 5.32 Å². The number of hydrogen-bond acceptors (Lipinski definition) is 4. The standard InChI is InChI=1S/C12H15NO3/c1-16-12(15)11(13-9-5-6-9)8-3-2-4-10(14)7-8/h2-4,7,9,11,13-14H,5-6H2,1H3. The number of carbonyl (C=O) groups is 1. The Balaban J connectivity index is 2.19. The highest BCUT2D eigenvalue weighted by atomic mass is 16.5. The molecule has 4 nitrogen and oxygen atoms in total. The van der Waals surface area contributed by atoms with E-state index in [0.717, 1.165) is 18.4 Å². The van der Waals surface area contributed by atoms with Gasteiger partial charge >= 0.3 is 5.97 Å². The molecule has 86 valence electrons. The fourth-order valence-electron chi connectivity index (χ4n) is 1.61. The molecule has 1 aliphatic rings. The molecule has 2 N–H and O–H groups in total. The van der Waals surface area contributed by atoms with Gasteiger partial charge in [0.15, 0.2) is 0 Å². The van der Waals surface area contributed by atoms with Crippen LogP contribution in [0.5, 0.6) is 5.75 Å². The van der Waals surface area contributed by atoms with Gasteiger partial charge in [0.2, 0.25) is 0 Å². The summed E-state index contributed by atoms with van der Waals surface area (Å²) < 4.78 is 4.75. The topological polar surface area (TPSA) is 58.6 Å². The lowest BCUT2D eigenvalue weighted by atomic mass is 10.1. The summed E-state index contributed by atoms with van der Waals surface area (Å²) in [5, 5.41) is 12.6. The van der Waals surface area contributed by atoms with Gasteiger partial charge in [0.05, 0.1) is 7.11 Å². The Hall–Kier alpha value is -1.55. The third-order valence-electron chi connectivity index (χ3n) is 2.62. The second-order valence-electron chi connectivity index (χ2n) is 3.99. The molecule has 1 aromatic rings. The number of ether oxygens (including phenoxy) is 1. The van der Waals surface area contributed by atoms with Crippen molar-refractivity contribution >= 4 is 5.97 Å². The maximum Gasteiger partial charge on any atom is 0.327 e. The number of rotatable bonds is 4. The Morgan fingerprint density at radius 2 is 2.31 bits per heavy atom. The number of phenols is 1. The fourth-order valence-corrected chi connectivity index (χ4v) is 1.61. The van der Waals surface area contributed by atoms with Gasteiger partial charge in [-0.2, -0.15) is 0 Å². The van der Waals surface area contributed by atoms with Crippen LogP contribution in [-0.4, -0.2) is 24.2 Å². The lowest BCUT2D eigenvalue weighted by Gasteiger charge is -2.16. The second-order valence-corrected chi connectivity index (χ2v) is 3.99. The molecule has 16 heavy (non-hydrogen) atoms. The van der Waals surface area contributed by atoms with E-state index >= 15 is 0 Å². The zero-order valence-electron chi connectivity index (χ0n) is 9.14. The number of aromatic hydroxyl groups is 1. The number of esters is 1. The molecule has 0 radical (unpaired) electrons. The molecule has 0 spiro atoms. The minimum atomic E-state index is -0.482. The third kappa shape index (κ3) is 2.52. The van der Waals surface area contributed by atoms with Crippen molar-refractivity contribution in [2.24, 2.45) is 0 Å². The van der Waals surface area contributed by atoms with Gasteiger partial charge in [-0.3, -0.25) is 5.32 Å². The lowest BCUT2D eigenvalue weighted by Crippen LogP contribution is -2.31. The van der Waals surface area contributed by atoms with Gasteiger partial charge < -0.3 is 9.84 Å². The van der Waals surface area contributed by atoms with Crippen LogP contribution in [0, 0.1) is 0 Å². The predicted octanol–water partition coefficient (Wildman–Crippen LogP) is 1.36. The molecule has 1 atom stereocenters. The van der Waals surface area contributed by atoms with Crippen LogP contribution in [0.1, 0.15) is 24.4 Å². The molecular weight excluding hydrogens is 206 g/mol. The minimum Gasteiger partial charge on any atom is -0.508 e. The summed E-state index contributed by atoms with van der Waals surface area (Å²) >= 11 is 0. The largest absolute Gasteiger partial charge is 0.508 e. The van der Waals surface area contributed by atoms with Crippen molar-refractivity contribution in [3.8, 4) is 5.75 Å². The SMILES string of the molecule is COC(=O)C(NC1CC1)c1cccc(O)c1. The molecule has 0 saturated heterocycles. The predicted molar refractivity (Wildman–Crippen MR) is 59.0 cm³/mol. The van der Waals surface area contributed by atoms with Gasteiger partial charge in [0, 0.05) is 6.04 Å². The Morgan fingerprint density at radius 1 is 1.56 bits per heavy atom. The molecular formula is C12H15NO3. The van der Waals surface area contributed by atoms with Crippen LogP contribution in [0.25, 0.3) is 0 Å². The first-order chi connectivity index (χ1) is 7.70. The molecule has 0 heterocycles. The molecule has 0 bridgehead atoms. The van der Waals surface area contributed by atoms with E-state index in [-0.39, 0.29) is 11.7 Å². The van der Waals surface area contributed by atoms with Crippen LogP contribution in [-0.2, 0) is 9.53 Å². The Morgan fingerprint density at radius 3 is 2.88 bits per heavy atom. The van der Waals surface area contributed by atoms with Crippen molar-refractivity contribution in [2.45, 2.75) is 24.9 Å². The molecule has 1 fully saturated rings. The van der Waals surface area contributed by atoms with E-state index in [2.05, 4.69) is 5.32 Å². The number of benzene rings is 1. The van der Waals surface area contributed by atoms with Crippen LogP contribution >= 0.6 is 0 Å². The Bertz CT molecular complexity index is 388. The molecule has 1 saturated carbocycles. The number of hydrogen-bond donors (Lipinski definition) is 2. The van der Waals surface area contributed by atoms with E-state index < -0.39 is 6.04 Å². The van der Waals surface area contributed by atoms with E-state index in [1.165, 1.54) is 7.11 Å². The van der Waals surface area contributed by atoms with E-state index in [1.54, 1.807) is 24.3 Å². The summed E-state index contributed by atoms with van der Waals surface area (Å²) in [6.07, 6.45) is 2.18. The van der Waals surface area contributed by atoms with Crippen molar-refractivity contribution in [3.05, 3.63) is 29.8 Å². The second kappa shape index (κ2) is 4.53. The molecule has 0 amide bonds. The van der Waals surface area contributed by atoms with E-state index in [4.69, 9.17) is 4.74 Å². The normalized spacial score (nSPS) is 16.8. The van der Waals surface area contributed by atoms with Crippen LogP contribution in [0.4, 0.5) is 0 Å². The average Bonchev–Trinajstić information content (AvgIpc) is 3.08. The molecule has 1 aliphatic carbocycles. The monoisotopic (exact) mass is 221 g/mol. The lowest BCUT2D eigenvalue weighted by molar-refractivity contribution is -0.143. The number of phenolic OH excluding ortho intramolecular Hbond substituents is 1. The summed E-state index contributed by atoms with van der Waals surface area (Å²) in [6.45, 7) is 0. The smallest absolute Gasteiger partial charge is 0.327 e. The summed E-state index contributed by atoms with van der Waals surface area (Å²) in [5.41, 5.74) is 0.735. The van der Waals surface area contributed by atoms with E-state index in [0.29, 0.717) is 6.04 Å². The molecule has 1 aromatic carbocycles. The van der Waals surface area contributed by atoms with Gasteiger partial charge in [-0.1, -0.05) is 12.1 Å². The summed E-state index contributed by atoms with van der Waals surface area (Å²) in [7, 11) is 1.37. The molecule has 4 heteroatoms. The van der Waals surface area contributed by atoms with E-state index in [1.807, 2.05) is 0 Å². The summed E-state index contributed by atoms with van der Waals surface area (Å²) in [5.74, 6) is -0.165. The van der Waals surface area contributed by atoms with Gasteiger partial charge in [-0.25, -0.2) is 4.79 Å². The highest BCUT2D eigenvalue weighted by Gasteiger charge is 2.30. The number of carbonyl (C=O) groups excluding carboxylic acids is 1. The van der Waals surface area contributed by atoms with E-state index in [9.17, 15) is 9.90 Å². The van der Waals surface area contributed by atoms with Gasteiger partial charge in [-0.15, -0.1) is 0 Å². The summed E-state index contributed by atoms with van der Waals surface area (Å²) in [6, 6.07) is 6.59. The summed E-state index contributed by atoms with van der Waals surface area (Å²) in [4.78, 5) is 11.6. The van der Waals surface area contributed by atoms with Crippen LogP contribution in [0.2, 0.25) is 0 Å². The number of nitrogens with one attached hydrogen (secondary N) is 1. The molecule has 0 aliphatic heterocycles. The average molecular weight is 221 g/mol. The highest BCUT2D eigenvalue weighted by Crippen LogP contribution is 2.26. The first-order valence-corrected chi connectivity index (χ1v) is 5.33. The zero-order chi connectivity index (χ0) is 11.5. The highest BCUT2D eigenvalue weighted by molar-refractivity contribution is 5.77. The quantitative estimate of drug-likeness (QED) is 0.754. The number of methoxy groups -OCH3 is 1. The zero-order valence-corrected chi connectivity index (χ0v) is 9.14. The minimum absolute atomic E-state index is 0.156. The maximum atomic E-state index is 11.6. The van der Waals surface area contributed by atoms with Crippen LogP contribution in [0.15, 0.2) is 24.3 Å². The van der Waals surface area contributed by atoms with Gasteiger partial charge in [0.1, 0.15) is 11.8 Å². The molecule has 0 aromatic heterocycles. The Labute approximate surface area is 94.2 Å². The van der Waals surface area contributed by atoms with Crippen molar-refractivity contribution in [3.63, 3.8) is 0 Å².